The molecule has 0 saturated heterocycles. The molecule has 0 bridgehead atoms. The lowest BCUT2D eigenvalue weighted by molar-refractivity contribution is -0.123. The Kier molecular flexibility index (Phi) is 6.03. The third kappa shape index (κ3) is 5.13. The van der Waals surface area contributed by atoms with Crippen LogP contribution in [0.3, 0.4) is 0 Å². The largest absolute Gasteiger partial charge is 0.493 e. The molecule has 1 saturated carbocycles. The minimum Gasteiger partial charge on any atom is -0.493 e. The van der Waals surface area contributed by atoms with E-state index in [-0.39, 0.29) is 36.4 Å². The Hall–Kier alpha value is -2.28. The van der Waals surface area contributed by atoms with E-state index in [0.29, 0.717) is 17.2 Å². The molecule has 1 aliphatic rings. The minimum atomic E-state index is -0.319. The normalized spacial score (nSPS) is 16.0. The van der Waals surface area contributed by atoms with Gasteiger partial charge in [-0.3, -0.25) is 9.59 Å². The van der Waals surface area contributed by atoms with Gasteiger partial charge >= 0.3 is 0 Å². The maximum atomic E-state index is 12.1. The minimum absolute atomic E-state index is 0.0967. The van der Waals surface area contributed by atoms with E-state index in [1.165, 1.54) is 7.11 Å². The Morgan fingerprint density at radius 1 is 1.29 bits per heavy atom. The Balaban J connectivity index is 2.00. The van der Waals surface area contributed by atoms with Crippen molar-refractivity contribution in [3.63, 3.8) is 0 Å². The number of carbonyl (C=O) groups excluding carboxylic acids is 2. The number of nitrogens with one attached hydrogen (secondary N) is 2. The zero-order valence-electron chi connectivity index (χ0n) is 14.3. The van der Waals surface area contributed by atoms with Crippen LogP contribution in [0.4, 0.5) is 5.69 Å². The van der Waals surface area contributed by atoms with Gasteiger partial charge in [0, 0.05) is 23.8 Å². The molecular weight excluding hydrogens is 310 g/mol. The smallest absolute Gasteiger partial charge is 0.258 e. The third-order valence-electron chi connectivity index (χ3n) is 3.93. The molecule has 1 aromatic rings. The van der Waals surface area contributed by atoms with E-state index >= 15 is 0 Å². The quantitative estimate of drug-likeness (QED) is 0.664. The summed E-state index contributed by atoms with van der Waals surface area (Å²) < 4.78 is 10.8. The zero-order valence-corrected chi connectivity index (χ0v) is 14.3. The first kappa shape index (κ1) is 18.1. The van der Waals surface area contributed by atoms with Crippen LogP contribution in [-0.4, -0.2) is 37.6 Å². The number of nitrogens with two attached hydrogens (primary N) is 1. The van der Waals surface area contributed by atoms with Crippen LogP contribution in [0.1, 0.15) is 26.7 Å². The number of anilines is 1. The number of ether oxygens (including phenoxy) is 2. The molecule has 0 aromatic heterocycles. The van der Waals surface area contributed by atoms with Crippen LogP contribution in [0.5, 0.6) is 11.5 Å². The van der Waals surface area contributed by atoms with Gasteiger partial charge in [0.25, 0.3) is 5.91 Å². The van der Waals surface area contributed by atoms with E-state index in [0.717, 1.165) is 12.8 Å². The van der Waals surface area contributed by atoms with Crippen LogP contribution in [0.2, 0.25) is 0 Å². The van der Waals surface area contributed by atoms with E-state index in [1.807, 2.05) is 0 Å². The van der Waals surface area contributed by atoms with E-state index in [4.69, 9.17) is 15.2 Å². The number of hydrogen-bond donors (Lipinski definition) is 3. The molecule has 1 fully saturated rings. The van der Waals surface area contributed by atoms with Gasteiger partial charge in [-0.25, -0.2) is 0 Å². The molecule has 7 nitrogen and oxygen atoms in total. The maximum absolute atomic E-state index is 12.1. The first-order valence-corrected chi connectivity index (χ1v) is 8.07. The monoisotopic (exact) mass is 335 g/mol. The second kappa shape index (κ2) is 8.01. The molecule has 1 aliphatic carbocycles. The van der Waals surface area contributed by atoms with Crippen molar-refractivity contribution in [2.75, 3.05) is 19.0 Å². The first-order valence-electron chi connectivity index (χ1n) is 8.07. The molecule has 0 aliphatic heterocycles. The molecule has 0 spiro atoms. The SMILES string of the molecule is COc1ccc(NC(=O)C(C)C(C)N)cc1OCC(=O)NC1CC1. The molecule has 0 heterocycles. The van der Waals surface area contributed by atoms with Gasteiger partial charge in [-0.1, -0.05) is 6.92 Å². The maximum Gasteiger partial charge on any atom is 0.258 e. The molecule has 2 unspecified atom stereocenters. The van der Waals surface area contributed by atoms with Crippen molar-refractivity contribution in [1.29, 1.82) is 0 Å². The second-order valence-corrected chi connectivity index (χ2v) is 6.13. The molecule has 132 valence electrons. The zero-order chi connectivity index (χ0) is 17.7. The number of methoxy groups -OCH3 is 1. The topological polar surface area (TPSA) is 103 Å². The van der Waals surface area contributed by atoms with Gasteiger partial charge in [-0.15, -0.1) is 0 Å². The summed E-state index contributed by atoms with van der Waals surface area (Å²) in [7, 11) is 1.52. The number of hydrogen-bond acceptors (Lipinski definition) is 5. The Labute approximate surface area is 141 Å². The number of rotatable bonds is 8. The molecule has 2 amide bonds. The summed E-state index contributed by atoms with van der Waals surface area (Å²) in [5.41, 5.74) is 6.30. The van der Waals surface area contributed by atoms with Crippen LogP contribution in [0, 0.1) is 5.92 Å². The predicted octanol–water partition coefficient (Wildman–Crippen LogP) is 1.27. The molecule has 1 aromatic carbocycles. The van der Waals surface area contributed by atoms with Crippen molar-refractivity contribution in [3.05, 3.63) is 18.2 Å². The summed E-state index contributed by atoms with van der Waals surface area (Å²) in [4.78, 5) is 23.8. The molecular formula is C17H25N3O4. The molecule has 0 radical (unpaired) electrons. The molecule has 2 atom stereocenters. The Morgan fingerprint density at radius 3 is 2.58 bits per heavy atom. The van der Waals surface area contributed by atoms with Crippen molar-refractivity contribution < 1.29 is 19.1 Å². The predicted molar refractivity (Wildman–Crippen MR) is 91.1 cm³/mol. The van der Waals surface area contributed by atoms with Crippen molar-refractivity contribution >= 4 is 17.5 Å². The van der Waals surface area contributed by atoms with E-state index in [2.05, 4.69) is 10.6 Å². The van der Waals surface area contributed by atoms with Crippen LogP contribution < -0.4 is 25.8 Å². The highest BCUT2D eigenvalue weighted by Crippen LogP contribution is 2.30. The number of amides is 2. The first-order chi connectivity index (χ1) is 11.4. The molecule has 2 rings (SSSR count). The highest BCUT2D eigenvalue weighted by atomic mass is 16.5. The summed E-state index contributed by atoms with van der Waals surface area (Å²) in [6.07, 6.45) is 2.04. The molecule has 7 heteroatoms. The van der Waals surface area contributed by atoms with E-state index < -0.39 is 0 Å². The van der Waals surface area contributed by atoms with Gasteiger partial charge < -0.3 is 25.8 Å². The standard InChI is InChI=1S/C17H25N3O4/c1-10(11(2)18)17(22)20-13-6-7-14(23-3)15(8-13)24-9-16(21)19-12-4-5-12/h6-8,10-12H,4-5,9,18H2,1-3H3,(H,19,21)(H,20,22). The van der Waals surface area contributed by atoms with Crippen molar-refractivity contribution in [2.24, 2.45) is 11.7 Å². The highest BCUT2D eigenvalue weighted by Gasteiger charge is 2.23. The average Bonchev–Trinajstić information content (AvgIpc) is 3.36. The van der Waals surface area contributed by atoms with Gasteiger partial charge in [0.05, 0.1) is 13.0 Å². The van der Waals surface area contributed by atoms with Crippen LogP contribution in [-0.2, 0) is 9.59 Å². The lowest BCUT2D eigenvalue weighted by Gasteiger charge is -2.17. The van der Waals surface area contributed by atoms with Gasteiger partial charge in [-0.05, 0) is 31.9 Å². The summed E-state index contributed by atoms with van der Waals surface area (Å²) >= 11 is 0. The van der Waals surface area contributed by atoms with Gasteiger partial charge in [0.2, 0.25) is 5.91 Å². The van der Waals surface area contributed by atoms with Crippen molar-refractivity contribution in [1.82, 2.24) is 5.32 Å². The average molecular weight is 335 g/mol. The second-order valence-electron chi connectivity index (χ2n) is 6.13. The Bertz CT molecular complexity index is 599. The lowest BCUT2D eigenvalue weighted by Crippen LogP contribution is -2.34. The summed E-state index contributed by atoms with van der Waals surface area (Å²) in [5, 5.41) is 5.64. The number of carbonyl (C=O) groups is 2. The van der Waals surface area contributed by atoms with Gasteiger partial charge in [0.15, 0.2) is 18.1 Å². The fourth-order valence-corrected chi connectivity index (χ4v) is 2.00. The highest BCUT2D eigenvalue weighted by molar-refractivity contribution is 5.93. The fourth-order valence-electron chi connectivity index (χ4n) is 2.00. The van der Waals surface area contributed by atoms with Crippen LogP contribution in [0.15, 0.2) is 18.2 Å². The summed E-state index contributed by atoms with van der Waals surface area (Å²) in [6.45, 7) is 3.45. The molecule has 24 heavy (non-hydrogen) atoms. The van der Waals surface area contributed by atoms with Crippen molar-refractivity contribution in [2.45, 2.75) is 38.8 Å². The van der Waals surface area contributed by atoms with Crippen molar-refractivity contribution in [3.8, 4) is 11.5 Å². The summed E-state index contributed by atoms with van der Waals surface area (Å²) in [5.74, 6) is 0.232. The fraction of sp³-hybridized carbons (Fsp3) is 0.529. The van der Waals surface area contributed by atoms with Crippen LogP contribution in [0.25, 0.3) is 0 Å². The number of benzene rings is 1. The lowest BCUT2D eigenvalue weighted by atomic mass is 10.0. The molecule has 4 N–H and O–H groups in total. The van der Waals surface area contributed by atoms with Crippen LogP contribution >= 0.6 is 0 Å². The van der Waals surface area contributed by atoms with Gasteiger partial charge in [-0.2, -0.15) is 0 Å². The van der Waals surface area contributed by atoms with E-state index in [9.17, 15) is 9.59 Å². The van der Waals surface area contributed by atoms with Gasteiger partial charge in [0.1, 0.15) is 0 Å². The third-order valence-corrected chi connectivity index (χ3v) is 3.93. The summed E-state index contributed by atoms with van der Waals surface area (Å²) in [6, 6.07) is 5.07. The Morgan fingerprint density at radius 2 is 2.00 bits per heavy atom. The van der Waals surface area contributed by atoms with E-state index in [1.54, 1.807) is 32.0 Å².